The van der Waals surface area contributed by atoms with Gasteiger partial charge in [-0.2, -0.15) is 0 Å². The molecule has 1 atom stereocenters. The second kappa shape index (κ2) is 10.7. The van der Waals surface area contributed by atoms with Crippen LogP contribution < -0.4 is 15.4 Å². The van der Waals surface area contributed by atoms with Gasteiger partial charge in [-0.25, -0.2) is 0 Å². The maximum absolute atomic E-state index is 12.6. The molecule has 5 nitrogen and oxygen atoms in total. The minimum Gasteiger partial charge on any atom is -0.494 e. The van der Waals surface area contributed by atoms with Crippen LogP contribution in [0.25, 0.3) is 0 Å². The molecule has 0 aliphatic carbocycles. The first-order valence-corrected chi connectivity index (χ1v) is 11.0. The molecule has 0 aromatic heterocycles. The summed E-state index contributed by atoms with van der Waals surface area (Å²) in [6, 6.07) is 22.2. The van der Waals surface area contributed by atoms with Crippen LogP contribution >= 0.6 is 11.8 Å². The standard InChI is InChI=1S/C25H26N2O3S/c1-4-30-22-14-12-20(13-15-22)26-24(28)18(3)31-23-7-5-6-21(16-23)27-25(29)19-10-8-17(2)9-11-19/h5-16,18H,4H2,1-3H3,(H,26,28)(H,27,29). The molecule has 2 amide bonds. The summed E-state index contributed by atoms with van der Waals surface area (Å²) in [6.45, 7) is 6.36. The zero-order chi connectivity index (χ0) is 22.2. The molecule has 0 bridgehead atoms. The molecular formula is C25H26N2O3S. The summed E-state index contributed by atoms with van der Waals surface area (Å²) in [5.41, 5.74) is 3.12. The van der Waals surface area contributed by atoms with E-state index in [0.29, 0.717) is 17.9 Å². The molecule has 160 valence electrons. The zero-order valence-electron chi connectivity index (χ0n) is 17.8. The summed E-state index contributed by atoms with van der Waals surface area (Å²) < 4.78 is 5.42. The summed E-state index contributed by atoms with van der Waals surface area (Å²) in [5.74, 6) is 0.513. The maximum atomic E-state index is 12.6. The Kier molecular flexibility index (Phi) is 7.73. The lowest BCUT2D eigenvalue weighted by Gasteiger charge is -2.13. The normalized spacial score (nSPS) is 11.5. The lowest BCUT2D eigenvalue weighted by molar-refractivity contribution is -0.115. The van der Waals surface area contributed by atoms with Crippen LogP contribution in [-0.4, -0.2) is 23.7 Å². The van der Waals surface area contributed by atoms with Crippen LogP contribution in [0.4, 0.5) is 11.4 Å². The SMILES string of the molecule is CCOc1ccc(NC(=O)C(C)Sc2cccc(NC(=O)c3ccc(C)cc3)c2)cc1. The van der Waals surface area contributed by atoms with Crippen LogP contribution in [0, 0.1) is 6.92 Å². The number of benzene rings is 3. The molecule has 0 heterocycles. The fourth-order valence-electron chi connectivity index (χ4n) is 2.86. The van der Waals surface area contributed by atoms with E-state index in [2.05, 4.69) is 10.6 Å². The molecule has 0 aliphatic heterocycles. The highest BCUT2D eigenvalue weighted by molar-refractivity contribution is 8.00. The van der Waals surface area contributed by atoms with Crippen molar-refractivity contribution in [3.63, 3.8) is 0 Å². The third-order valence-corrected chi connectivity index (χ3v) is 5.61. The molecule has 3 aromatic rings. The second-order valence-corrected chi connectivity index (χ2v) is 8.47. The molecule has 3 rings (SSSR count). The number of ether oxygens (including phenoxy) is 1. The van der Waals surface area contributed by atoms with Crippen LogP contribution in [0.15, 0.2) is 77.7 Å². The van der Waals surface area contributed by atoms with E-state index in [4.69, 9.17) is 4.74 Å². The molecular weight excluding hydrogens is 408 g/mol. The van der Waals surface area contributed by atoms with E-state index in [1.807, 2.05) is 81.4 Å². The van der Waals surface area contributed by atoms with Gasteiger partial charge in [0.25, 0.3) is 5.91 Å². The number of hydrogen-bond donors (Lipinski definition) is 2. The number of aryl methyl sites for hydroxylation is 1. The van der Waals surface area contributed by atoms with Gasteiger partial charge >= 0.3 is 0 Å². The van der Waals surface area contributed by atoms with Crippen molar-refractivity contribution in [3.8, 4) is 5.75 Å². The van der Waals surface area contributed by atoms with Gasteiger partial charge in [0.15, 0.2) is 0 Å². The predicted octanol–water partition coefficient (Wildman–Crippen LogP) is 5.77. The van der Waals surface area contributed by atoms with Crippen molar-refractivity contribution in [2.24, 2.45) is 0 Å². The summed E-state index contributed by atoms with van der Waals surface area (Å²) in [4.78, 5) is 25.9. The van der Waals surface area contributed by atoms with E-state index in [0.717, 1.165) is 21.9 Å². The third-order valence-electron chi connectivity index (χ3n) is 4.52. The molecule has 0 fully saturated rings. The van der Waals surface area contributed by atoms with Crippen LogP contribution in [0.2, 0.25) is 0 Å². The van der Waals surface area contributed by atoms with Crippen molar-refractivity contribution < 1.29 is 14.3 Å². The second-order valence-electron chi connectivity index (χ2n) is 7.05. The molecule has 0 saturated carbocycles. The minimum atomic E-state index is -0.311. The van der Waals surface area contributed by atoms with Gasteiger partial charge in [-0.05, 0) is 75.4 Å². The molecule has 0 spiro atoms. The van der Waals surface area contributed by atoms with Gasteiger partial charge in [0.05, 0.1) is 11.9 Å². The average molecular weight is 435 g/mol. The summed E-state index contributed by atoms with van der Waals surface area (Å²) in [7, 11) is 0. The van der Waals surface area contributed by atoms with Gasteiger partial charge < -0.3 is 15.4 Å². The van der Waals surface area contributed by atoms with Gasteiger partial charge in [-0.1, -0.05) is 23.8 Å². The van der Waals surface area contributed by atoms with Crippen molar-refractivity contribution in [3.05, 3.63) is 83.9 Å². The minimum absolute atomic E-state index is 0.0942. The van der Waals surface area contributed by atoms with Gasteiger partial charge in [0.1, 0.15) is 5.75 Å². The molecule has 2 N–H and O–H groups in total. The molecule has 1 unspecified atom stereocenters. The highest BCUT2D eigenvalue weighted by atomic mass is 32.2. The van der Waals surface area contributed by atoms with Crippen LogP contribution in [0.3, 0.4) is 0 Å². The van der Waals surface area contributed by atoms with E-state index in [9.17, 15) is 9.59 Å². The van der Waals surface area contributed by atoms with E-state index in [1.54, 1.807) is 12.1 Å². The molecule has 0 saturated heterocycles. The highest BCUT2D eigenvalue weighted by Crippen LogP contribution is 2.27. The smallest absolute Gasteiger partial charge is 0.255 e. The Bertz CT molecular complexity index is 1030. The van der Waals surface area contributed by atoms with Crippen LogP contribution in [0.5, 0.6) is 5.75 Å². The Hall–Kier alpha value is -3.25. The number of amides is 2. The Morgan fingerprint density at radius 3 is 2.32 bits per heavy atom. The molecule has 31 heavy (non-hydrogen) atoms. The van der Waals surface area contributed by atoms with Crippen molar-refractivity contribution in [2.45, 2.75) is 30.9 Å². The average Bonchev–Trinajstić information content (AvgIpc) is 2.76. The largest absolute Gasteiger partial charge is 0.494 e. The zero-order valence-corrected chi connectivity index (χ0v) is 18.7. The van der Waals surface area contributed by atoms with E-state index >= 15 is 0 Å². The van der Waals surface area contributed by atoms with Gasteiger partial charge in [-0.15, -0.1) is 11.8 Å². The van der Waals surface area contributed by atoms with E-state index in [1.165, 1.54) is 11.8 Å². The molecule has 3 aromatic carbocycles. The number of carbonyl (C=O) groups excluding carboxylic acids is 2. The Morgan fingerprint density at radius 2 is 1.65 bits per heavy atom. The number of thioether (sulfide) groups is 1. The number of nitrogens with one attached hydrogen (secondary N) is 2. The topological polar surface area (TPSA) is 67.4 Å². The number of hydrogen-bond acceptors (Lipinski definition) is 4. The van der Waals surface area contributed by atoms with E-state index in [-0.39, 0.29) is 17.1 Å². The lowest BCUT2D eigenvalue weighted by atomic mass is 10.1. The molecule has 0 radical (unpaired) electrons. The van der Waals surface area contributed by atoms with Gasteiger partial charge in [-0.3, -0.25) is 9.59 Å². The number of carbonyl (C=O) groups is 2. The van der Waals surface area contributed by atoms with Crippen molar-refractivity contribution >= 4 is 35.0 Å². The molecule has 0 aliphatic rings. The fourth-order valence-corrected chi connectivity index (χ4v) is 3.78. The van der Waals surface area contributed by atoms with Crippen molar-refractivity contribution in [2.75, 3.05) is 17.2 Å². The predicted molar refractivity (Wildman–Crippen MR) is 127 cm³/mol. The third kappa shape index (κ3) is 6.62. The van der Waals surface area contributed by atoms with Gasteiger partial charge in [0.2, 0.25) is 5.91 Å². The Balaban J connectivity index is 1.58. The summed E-state index contributed by atoms with van der Waals surface area (Å²) in [6.07, 6.45) is 0. The summed E-state index contributed by atoms with van der Waals surface area (Å²) in [5, 5.41) is 5.52. The Labute approximate surface area is 187 Å². The van der Waals surface area contributed by atoms with Crippen molar-refractivity contribution in [1.82, 2.24) is 0 Å². The van der Waals surface area contributed by atoms with E-state index < -0.39 is 0 Å². The van der Waals surface area contributed by atoms with Crippen LogP contribution in [-0.2, 0) is 4.79 Å². The monoisotopic (exact) mass is 434 g/mol. The molecule has 6 heteroatoms. The number of rotatable bonds is 8. The maximum Gasteiger partial charge on any atom is 0.255 e. The highest BCUT2D eigenvalue weighted by Gasteiger charge is 2.15. The first kappa shape index (κ1) is 22.4. The lowest BCUT2D eigenvalue weighted by Crippen LogP contribution is -2.22. The summed E-state index contributed by atoms with van der Waals surface area (Å²) >= 11 is 1.43. The van der Waals surface area contributed by atoms with Gasteiger partial charge in [0, 0.05) is 21.8 Å². The van der Waals surface area contributed by atoms with Crippen molar-refractivity contribution in [1.29, 1.82) is 0 Å². The fraction of sp³-hybridized carbons (Fsp3) is 0.200. The quantitative estimate of drug-likeness (QED) is 0.442. The number of anilines is 2. The Morgan fingerprint density at radius 1 is 0.935 bits per heavy atom. The first-order chi connectivity index (χ1) is 14.9. The van der Waals surface area contributed by atoms with Crippen LogP contribution in [0.1, 0.15) is 29.8 Å². The first-order valence-electron chi connectivity index (χ1n) is 10.1.